The minimum atomic E-state index is -0.557. The molecular formula is C27H20FN7O2. The van der Waals surface area contributed by atoms with Gasteiger partial charge in [0.2, 0.25) is 0 Å². The summed E-state index contributed by atoms with van der Waals surface area (Å²) in [5.74, 6) is 5.95. The van der Waals surface area contributed by atoms with Gasteiger partial charge in [-0.2, -0.15) is 0 Å². The van der Waals surface area contributed by atoms with Crippen molar-refractivity contribution in [2.75, 3.05) is 11.1 Å². The van der Waals surface area contributed by atoms with E-state index >= 15 is 0 Å². The van der Waals surface area contributed by atoms with Gasteiger partial charge in [0.25, 0.3) is 5.56 Å². The second-order valence-corrected chi connectivity index (χ2v) is 8.08. The molecule has 9 nitrogen and oxygen atoms in total. The van der Waals surface area contributed by atoms with E-state index in [1.54, 1.807) is 36.4 Å². The number of rotatable bonds is 4. The van der Waals surface area contributed by atoms with Crippen LogP contribution in [0.25, 0.3) is 16.6 Å². The molecule has 37 heavy (non-hydrogen) atoms. The first-order chi connectivity index (χ1) is 17.9. The van der Waals surface area contributed by atoms with Crippen molar-refractivity contribution in [3.8, 4) is 23.3 Å². The monoisotopic (exact) mass is 493 g/mol. The van der Waals surface area contributed by atoms with E-state index in [0.29, 0.717) is 34.1 Å². The quantitative estimate of drug-likeness (QED) is 0.324. The molecule has 5 aromatic rings. The lowest BCUT2D eigenvalue weighted by atomic mass is 10.1. The van der Waals surface area contributed by atoms with Crippen molar-refractivity contribution in [3.05, 3.63) is 106 Å². The van der Waals surface area contributed by atoms with E-state index in [0.717, 1.165) is 6.20 Å². The number of nitrogen functional groups attached to an aromatic ring is 1. The van der Waals surface area contributed by atoms with Crippen molar-refractivity contribution in [1.29, 1.82) is 0 Å². The van der Waals surface area contributed by atoms with Gasteiger partial charge in [-0.1, -0.05) is 30.2 Å². The normalized spacial score (nSPS) is 11.5. The number of hydrogen-bond acceptors (Lipinski definition) is 8. The number of nitrogens with zero attached hydrogens (tertiary/aromatic N) is 5. The van der Waals surface area contributed by atoms with Crippen molar-refractivity contribution in [2.24, 2.45) is 0 Å². The fourth-order valence-electron chi connectivity index (χ4n) is 3.82. The molecule has 10 heteroatoms. The van der Waals surface area contributed by atoms with Gasteiger partial charge < -0.3 is 16.2 Å². The fraction of sp³-hybridized carbons (Fsp3) is 0.0741. The molecule has 182 valence electrons. The summed E-state index contributed by atoms with van der Waals surface area (Å²) in [6, 6.07) is 15.9. The molecule has 0 spiro atoms. The highest BCUT2D eigenvalue weighted by molar-refractivity contribution is 5.84. The molecule has 0 aliphatic carbocycles. The molecule has 4 N–H and O–H groups in total. The number of pyridine rings is 1. The van der Waals surface area contributed by atoms with Gasteiger partial charge in [0, 0.05) is 0 Å². The van der Waals surface area contributed by atoms with Crippen molar-refractivity contribution < 1.29 is 9.50 Å². The highest BCUT2D eigenvalue weighted by Crippen LogP contribution is 2.26. The van der Waals surface area contributed by atoms with Crippen LogP contribution in [0.15, 0.2) is 78.0 Å². The van der Waals surface area contributed by atoms with Crippen molar-refractivity contribution in [2.45, 2.75) is 13.0 Å². The Balaban J connectivity index is 1.61. The van der Waals surface area contributed by atoms with Gasteiger partial charge in [0.15, 0.2) is 0 Å². The summed E-state index contributed by atoms with van der Waals surface area (Å²) in [5, 5.41) is 13.7. The number of hydrogen-bond donors (Lipinski definition) is 3. The molecule has 0 amide bonds. The van der Waals surface area contributed by atoms with E-state index < -0.39 is 17.4 Å². The third-order valence-corrected chi connectivity index (χ3v) is 5.58. The largest absolute Gasteiger partial charge is 0.507 e. The molecule has 0 unspecified atom stereocenters. The highest BCUT2D eigenvalue weighted by atomic mass is 19.1. The van der Waals surface area contributed by atoms with Crippen LogP contribution < -0.4 is 16.6 Å². The maximum atomic E-state index is 13.6. The average molecular weight is 494 g/mol. The Morgan fingerprint density at radius 1 is 1.03 bits per heavy atom. The zero-order valence-corrected chi connectivity index (χ0v) is 19.6. The van der Waals surface area contributed by atoms with E-state index in [1.807, 2.05) is 13.0 Å². The maximum absolute atomic E-state index is 13.6. The summed E-state index contributed by atoms with van der Waals surface area (Å²) >= 11 is 0. The van der Waals surface area contributed by atoms with E-state index in [-0.39, 0.29) is 17.0 Å². The number of phenolic OH excluding ortho intramolecular Hbond substituents is 1. The van der Waals surface area contributed by atoms with Crippen LogP contribution >= 0.6 is 0 Å². The number of fused-ring (bicyclic) bond motifs is 1. The summed E-state index contributed by atoms with van der Waals surface area (Å²) in [6.45, 7) is 1.81. The van der Waals surface area contributed by atoms with Crippen LogP contribution in [0.2, 0.25) is 0 Å². The molecule has 1 atom stereocenters. The second-order valence-electron chi connectivity index (χ2n) is 8.08. The lowest BCUT2D eigenvalue weighted by Crippen LogP contribution is -2.27. The van der Waals surface area contributed by atoms with E-state index in [4.69, 9.17) is 10.7 Å². The topological polar surface area (TPSA) is 132 Å². The van der Waals surface area contributed by atoms with Crippen molar-refractivity contribution in [3.63, 3.8) is 0 Å². The van der Waals surface area contributed by atoms with E-state index in [2.05, 4.69) is 32.1 Å². The number of nitrogens with two attached hydrogens (primary N) is 1. The van der Waals surface area contributed by atoms with Crippen LogP contribution in [-0.2, 0) is 0 Å². The van der Waals surface area contributed by atoms with Crippen LogP contribution in [0.3, 0.4) is 0 Å². The van der Waals surface area contributed by atoms with Gasteiger partial charge in [-0.25, -0.2) is 24.3 Å². The van der Waals surface area contributed by atoms with Crippen LogP contribution in [0, 0.1) is 17.7 Å². The summed E-state index contributed by atoms with van der Waals surface area (Å²) in [7, 11) is 0. The third-order valence-electron chi connectivity index (χ3n) is 5.58. The zero-order chi connectivity index (χ0) is 25.9. The number of aromatic hydroxyl groups is 1. The summed E-state index contributed by atoms with van der Waals surface area (Å²) in [6.07, 6.45) is 2.37. The zero-order valence-electron chi connectivity index (χ0n) is 19.6. The van der Waals surface area contributed by atoms with Gasteiger partial charge in [-0.15, -0.1) is 0 Å². The predicted octanol–water partition coefficient (Wildman–Crippen LogP) is 3.57. The standard InChI is InChI=1S/C27H20FN7O2/c1-16(33-25-20(24(29)31-15-32-25)13-12-18-11-10-17(28)14-30-18)26-34-21-8-5-9-22(36)23(21)27(37)35(26)19-6-3-2-4-7-19/h2-11,14-16,36H,1H3,(H3,29,31,32,33)/t16-/m0/s1. The first kappa shape index (κ1) is 23.4. The van der Waals surface area contributed by atoms with Gasteiger partial charge in [0.1, 0.15) is 52.0 Å². The molecule has 3 heterocycles. The number of phenols is 1. The minimum absolute atomic E-state index is 0.118. The van der Waals surface area contributed by atoms with Gasteiger partial charge in [0.05, 0.1) is 23.4 Å². The Labute approximate surface area is 210 Å². The SMILES string of the molecule is C[C@H](Nc1ncnc(N)c1C#Cc1ccc(F)cn1)c1nc2cccc(O)c2c(=O)n1-c1ccccc1. The first-order valence-electron chi connectivity index (χ1n) is 11.2. The van der Waals surface area contributed by atoms with Gasteiger partial charge in [-0.05, 0) is 49.2 Å². The number of anilines is 2. The lowest BCUT2D eigenvalue weighted by molar-refractivity contribution is 0.480. The molecule has 0 radical (unpaired) electrons. The van der Waals surface area contributed by atoms with Crippen LogP contribution in [0.5, 0.6) is 5.75 Å². The number of nitrogens with one attached hydrogen (secondary N) is 1. The molecule has 0 fully saturated rings. The second kappa shape index (κ2) is 9.75. The summed E-state index contributed by atoms with van der Waals surface area (Å²) in [5.41, 5.74) is 7.26. The molecule has 3 aromatic heterocycles. The number of aromatic nitrogens is 5. The Morgan fingerprint density at radius 3 is 2.59 bits per heavy atom. The summed E-state index contributed by atoms with van der Waals surface area (Å²) < 4.78 is 14.6. The highest BCUT2D eigenvalue weighted by Gasteiger charge is 2.21. The molecular weight excluding hydrogens is 473 g/mol. The van der Waals surface area contributed by atoms with Crippen LogP contribution in [-0.4, -0.2) is 29.6 Å². The van der Waals surface area contributed by atoms with Crippen LogP contribution in [0.1, 0.15) is 30.0 Å². The Morgan fingerprint density at radius 2 is 1.84 bits per heavy atom. The molecule has 0 aliphatic rings. The van der Waals surface area contributed by atoms with E-state index in [1.165, 1.54) is 29.1 Å². The molecule has 0 aliphatic heterocycles. The lowest BCUT2D eigenvalue weighted by Gasteiger charge is -2.21. The maximum Gasteiger partial charge on any atom is 0.269 e. The molecule has 5 rings (SSSR count). The molecule has 0 saturated heterocycles. The van der Waals surface area contributed by atoms with E-state index in [9.17, 15) is 14.3 Å². The Bertz CT molecular complexity index is 1730. The molecule has 0 bridgehead atoms. The van der Waals surface area contributed by atoms with Gasteiger partial charge >= 0.3 is 0 Å². The molecule has 0 saturated carbocycles. The van der Waals surface area contributed by atoms with Crippen molar-refractivity contribution in [1.82, 2.24) is 24.5 Å². The Kier molecular flexibility index (Phi) is 6.18. The van der Waals surface area contributed by atoms with Crippen LogP contribution in [0.4, 0.5) is 16.0 Å². The number of para-hydroxylation sites is 1. The first-order valence-corrected chi connectivity index (χ1v) is 11.2. The third kappa shape index (κ3) is 4.66. The molecule has 2 aromatic carbocycles. The smallest absolute Gasteiger partial charge is 0.269 e. The van der Waals surface area contributed by atoms with Gasteiger partial charge in [-0.3, -0.25) is 9.36 Å². The number of benzene rings is 2. The predicted molar refractivity (Wildman–Crippen MR) is 138 cm³/mol. The number of halogens is 1. The average Bonchev–Trinajstić information content (AvgIpc) is 2.89. The summed E-state index contributed by atoms with van der Waals surface area (Å²) in [4.78, 5) is 30.5. The fourth-order valence-corrected chi connectivity index (χ4v) is 3.82. The Hall–Kier alpha value is -5.30. The van der Waals surface area contributed by atoms with Crippen molar-refractivity contribution >= 4 is 22.5 Å². The minimum Gasteiger partial charge on any atom is -0.507 e.